The van der Waals surface area contributed by atoms with E-state index in [-0.39, 0.29) is 18.9 Å². The maximum Gasteiger partial charge on any atom is 0.220 e. The zero-order valence-corrected chi connectivity index (χ0v) is 64.5. The van der Waals surface area contributed by atoms with Gasteiger partial charge in [0.25, 0.3) is 0 Å². The maximum atomic E-state index is 13.4. The zero-order chi connectivity index (χ0) is 72.2. The molecule has 2 aliphatic rings. The van der Waals surface area contributed by atoms with Crippen molar-refractivity contribution in [3.05, 3.63) is 60.8 Å². The van der Waals surface area contributed by atoms with Gasteiger partial charge in [-0.25, -0.2) is 0 Å². The number of amides is 1. The maximum absolute atomic E-state index is 13.4. The van der Waals surface area contributed by atoms with Gasteiger partial charge in [0.15, 0.2) is 12.6 Å². The summed E-state index contributed by atoms with van der Waals surface area (Å²) in [5.74, 6) is -0.232. The van der Waals surface area contributed by atoms with Crippen LogP contribution >= 0.6 is 0 Å². The minimum Gasteiger partial charge on any atom is -0.394 e. The molecule has 14 heteroatoms. The SMILES string of the molecule is CC/C=C\C/C=C\C/C=C\C/C=C\CCCCCCCCCCCCCCCCCCCCCCC(=O)NC(COC1OC(CO)C(OC2OC(CO)C(O)C(O)C2O)C(O)C1O)C(O)/C=C/CCCCCCCCCCCCCCCCCCCCCCCCCCCCCCCCC. The Labute approximate surface area is 613 Å². The molecule has 14 nitrogen and oxygen atoms in total. The zero-order valence-electron chi connectivity index (χ0n) is 64.5. The van der Waals surface area contributed by atoms with Gasteiger partial charge in [-0.2, -0.15) is 0 Å². The lowest BCUT2D eigenvalue weighted by atomic mass is 9.97. The molecule has 2 aliphatic heterocycles. The highest BCUT2D eigenvalue weighted by Gasteiger charge is 2.51. The molecule has 0 aromatic rings. The Bertz CT molecular complexity index is 1910. The Hall–Kier alpha value is -2.31. The summed E-state index contributed by atoms with van der Waals surface area (Å²) in [7, 11) is 0. The first-order valence-electron chi connectivity index (χ1n) is 42.5. The topological polar surface area (TPSA) is 228 Å². The largest absolute Gasteiger partial charge is 0.394 e. The normalized spacial score (nSPS) is 22.1. The Balaban J connectivity index is 1.59. The standard InChI is InChI=1S/C86H159NO13/c1-3-5-7-9-11-13-15-17-19-21-23-25-27-29-31-33-35-37-39-41-43-45-47-49-51-53-55-57-59-61-63-65-67-69-75(90)74(73-97-85-83(96)81(94)84(77(72-89)99-85)100-86-82(95)80(93)79(92)76(71-88)98-86)87-78(91)70-68-66-64-62-60-58-56-54-52-50-48-46-44-42-40-38-36-34-32-30-28-26-24-22-20-18-16-14-12-10-8-6-4-2/h6,8,12,14,18,20,24,26,67,69,74-77,79-86,88-90,92-96H,3-5,7,9-11,13,15-17,19,21-23,25,27-66,68,70-73H2,1-2H3,(H,87,91)/b8-6-,14-12-,20-18-,26-24-,69-67+. The van der Waals surface area contributed by atoms with Crippen molar-refractivity contribution in [2.75, 3.05) is 19.8 Å². The van der Waals surface area contributed by atoms with Gasteiger partial charge in [-0.3, -0.25) is 4.79 Å². The highest BCUT2D eigenvalue weighted by Crippen LogP contribution is 2.30. The van der Waals surface area contributed by atoms with Gasteiger partial charge in [-0.1, -0.05) is 383 Å². The molecule has 586 valence electrons. The smallest absolute Gasteiger partial charge is 0.220 e. The van der Waals surface area contributed by atoms with Crippen LogP contribution in [0.15, 0.2) is 60.8 Å². The summed E-state index contributed by atoms with van der Waals surface area (Å²) in [6.07, 6.45) is 78.9. The van der Waals surface area contributed by atoms with Gasteiger partial charge in [0.05, 0.1) is 32.0 Å². The van der Waals surface area contributed by atoms with Crippen molar-refractivity contribution in [2.24, 2.45) is 0 Å². The molecule has 2 fully saturated rings. The predicted molar refractivity (Wildman–Crippen MR) is 415 cm³/mol. The molecule has 0 aliphatic carbocycles. The number of aliphatic hydroxyl groups excluding tert-OH is 8. The second-order valence-corrected chi connectivity index (χ2v) is 29.9. The highest BCUT2D eigenvalue weighted by atomic mass is 16.7. The van der Waals surface area contributed by atoms with E-state index in [2.05, 4.69) is 67.8 Å². The summed E-state index contributed by atoms with van der Waals surface area (Å²) >= 11 is 0. The number of carbonyl (C=O) groups is 1. The lowest BCUT2D eigenvalue weighted by molar-refractivity contribution is -0.359. The second kappa shape index (κ2) is 69.7. The van der Waals surface area contributed by atoms with Crippen molar-refractivity contribution in [1.29, 1.82) is 0 Å². The van der Waals surface area contributed by atoms with Crippen LogP contribution in [0.1, 0.15) is 386 Å². The molecule has 2 heterocycles. The first-order valence-corrected chi connectivity index (χ1v) is 42.5. The summed E-state index contributed by atoms with van der Waals surface area (Å²) in [4.78, 5) is 13.4. The van der Waals surface area contributed by atoms with Gasteiger partial charge < -0.3 is 65.1 Å². The monoisotopic (exact) mass is 1410 g/mol. The van der Waals surface area contributed by atoms with Gasteiger partial charge >= 0.3 is 0 Å². The third kappa shape index (κ3) is 51.8. The minimum absolute atomic E-state index is 0.232. The van der Waals surface area contributed by atoms with Crippen LogP contribution in [0, 0.1) is 0 Å². The minimum atomic E-state index is -1.79. The molecule has 12 atom stereocenters. The number of nitrogens with one attached hydrogen (secondary N) is 1. The summed E-state index contributed by atoms with van der Waals surface area (Å²) in [5, 5.41) is 87.8. The van der Waals surface area contributed by atoms with Gasteiger partial charge in [0, 0.05) is 6.42 Å². The van der Waals surface area contributed by atoms with Crippen LogP contribution in [0.2, 0.25) is 0 Å². The van der Waals surface area contributed by atoms with Crippen molar-refractivity contribution in [3.8, 4) is 0 Å². The quantitative estimate of drug-likeness (QED) is 0.0204. The van der Waals surface area contributed by atoms with Crippen molar-refractivity contribution < 1.29 is 64.6 Å². The molecule has 0 saturated carbocycles. The third-order valence-corrected chi connectivity index (χ3v) is 20.7. The van der Waals surface area contributed by atoms with E-state index in [4.69, 9.17) is 18.9 Å². The van der Waals surface area contributed by atoms with Crippen molar-refractivity contribution in [3.63, 3.8) is 0 Å². The number of hydrogen-bond acceptors (Lipinski definition) is 13. The van der Waals surface area contributed by atoms with E-state index in [0.29, 0.717) is 6.42 Å². The molecule has 0 radical (unpaired) electrons. The van der Waals surface area contributed by atoms with E-state index in [1.165, 1.54) is 295 Å². The fourth-order valence-electron chi connectivity index (χ4n) is 14.1. The van der Waals surface area contributed by atoms with Crippen molar-refractivity contribution >= 4 is 5.91 Å². The van der Waals surface area contributed by atoms with Gasteiger partial charge in [-0.15, -0.1) is 0 Å². The summed E-state index contributed by atoms with van der Waals surface area (Å²) in [5.41, 5.74) is 0. The Kier molecular flexibility index (Phi) is 65.4. The fraction of sp³-hybridized carbons (Fsp3) is 0.872. The fourth-order valence-corrected chi connectivity index (χ4v) is 14.1. The Morgan fingerprint density at radius 2 is 0.690 bits per heavy atom. The second-order valence-electron chi connectivity index (χ2n) is 29.9. The van der Waals surface area contributed by atoms with Gasteiger partial charge in [0.2, 0.25) is 5.91 Å². The van der Waals surface area contributed by atoms with Crippen LogP contribution < -0.4 is 5.32 Å². The van der Waals surface area contributed by atoms with E-state index in [1.807, 2.05) is 6.08 Å². The van der Waals surface area contributed by atoms with Crippen LogP contribution in [0.3, 0.4) is 0 Å². The van der Waals surface area contributed by atoms with Crippen LogP contribution in [0.25, 0.3) is 0 Å². The van der Waals surface area contributed by atoms with E-state index in [1.54, 1.807) is 6.08 Å². The molecule has 2 saturated heterocycles. The van der Waals surface area contributed by atoms with Crippen LogP contribution in [0.5, 0.6) is 0 Å². The molecule has 9 N–H and O–H groups in total. The number of hydrogen-bond donors (Lipinski definition) is 9. The number of allylic oxidation sites excluding steroid dienone is 9. The number of unbranched alkanes of at least 4 members (excludes halogenated alkanes) is 51. The number of ether oxygens (including phenoxy) is 4. The lowest BCUT2D eigenvalue weighted by Gasteiger charge is -2.46. The third-order valence-electron chi connectivity index (χ3n) is 20.7. The van der Waals surface area contributed by atoms with Crippen molar-refractivity contribution in [2.45, 2.75) is 460 Å². The van der Waals surface area contributed by atoms with Gasteiger partial charge in [0.1, 0.15) is 48.8 Å². The molecule has 2 rings (SSSR count). The summed E-state index contributed by atoms with van der Waals surface area (Å²) in [6.45, 7) is 2.75. The Morgan fingerprint density at radius 1 is 0.370 bits per heavy atom. The molecule has 0 aromatic heterocycles. The molecular weight excluding hydrogens is 1250 g/mol. The van der Waals surface area contributed by atoms with Crippen molar-refractivity contribution in [1.82, 2.24) is 5.32 Å². The number of rotatable bonds is 72. The molecule has 0 spiro atoms. The molecule has 100 heavy (non-hydrogen) atoms. The van der Waals surface area contributed by atoms with Gasteiger partial charge in [-0.05, 0) is 57.8 Å². The van der Waals surface area contributed by atoms with E-state index in [0.717, 1.165) is 64.2 Å². The molecular formula is C86H159NO13. The van der Waals surface area contributed by atoms with Crippen LogP contribution in [-0.2, 0) is 23.7 Å². The average Bonchev–Trinajstić information content (AvgIpc) is 0.791. The first-order chi connectivity index (χ1) is 49.1. The highest BCUT2D eigenvalue weighted by molar-refractivity contribution is 5.76. The summed E-state index contributed by atoms with van der Waals surface area (Å²) in [6, 6.07) is -0.917. The summed E-state index contributed by atoms with van der Waals surface area (Å²) < 4.78 is 23.0. The molecule has 1 amide bonds. The Morgan fingerprint density at radius 3 is 1.06 bits per heavy atom. The van der Waals surface area contributed by atoms with Crippen LogP contribution in [0.4, 0.5) is 0 Å². The van der Waals surface area contributed by atoms with E-state index in [9.17, 15) is 45.6 Å². The number of carbonyl (C=O) groups excluding carboxylic acids is 1. The molecule has 0 aromatic carbocycles. The lowest BCUT2D eigenvalue weighted by Crippen LogP contribution is -2.65. The first kappa shape index (κ1) is 93.8. The molecule has 12 unspecified atom stereocenters. The van der Waals surface area contributed by atoms with E-state index >= 15 is 0 Å². The number of aliphatic hydroxyl groups is 8. The average molecular weight is 1420 g/mol. The molecule has 0 bridgehead atoms. The van der Waals surface area contributed by atoms with E-state index < -0.39 is 86.8 Å². The van der Waals surface area contributed by atoms with Crippen LogP contribution in [-0.4, -0.2) is 140 Å². The predicted octanol–water partition coefficient (Wildman–Crippen LogP) is 19.9.